The molecule has 1 heterocycles. The molecule has 3 aromatic rings. The van der Waals surface area contributed by atoms with E-state index in [0.29, 0.717) is 20.8 Å². The number of hydrogen-bond donors (Lipinski definition) is 1. The summed E-state index contributed by atoms with van der Waals surface area (Å²) in [6.45, 7) is 0. The summed E-state index contributed by atoms with van der Waals surface area (Å²) in [5.74, 6) is 0.628. The number of para-hydroxylation sites is 1. The number of fused-ring (bicyclic) bond motifs is 1. The molecule has 1 aliphatic heterocycles. The van der Waals surface area contributed by atoms with Gasteiger partial charge in [0.25, 0.3) is 5.91 Å². The number of aliphatic imine (C=N–C) groups is 1. The number of nitrogens with one attached hydrogen (secondary N) is 1. The molecule has 0 saturated carbocycles. The Morgan fingerprint density at radius 3 is 2.56 bits per heavy atom. The third kappa shape index (κ3) is 3.56. The van der Waals surface area contributed by atoms with E-state index in [4.69, 9.17) is 16.3 Å². The third-order valence-corrected chi connectivity index (χ3v) is 5.38. The van der Waals surface area contributed by atoms with Crippen molar-refractivity contribution in [2.75, 3.05) is 7.11 Å². The minimum atomic E-state index is -0.175. The summed E-state index contributed by atoms with van der Waals surface area (Å²) in [6, 6.07) is 19.1. The molecular weight excluding hydrogens is 380 g/mol. The van der Waals surface area contributed by atoms with Crippen molar-refractivity contribution in [2.24, 2.45) is 4.99 Å². The smallest absolute Gasteiger partial charge is 0.264 e. The van der Waals surface area contributed by atoms with Crippen LogP contribution in [0.4, 0.5) is 5.69 Å². The van der Waals surface area contributed by atoms with Gasteiger partial charge in [-0.3, -0.25) is 4.79 Å². The first-order valence-electron chi connectivity index (χ1n) is 8.25. The second-order valence-corrected chi connectivity index (χ2v) is 7.27. The topological polar surface area (TPSA) is 50.7 Å². The Labute approximate surface area is 165 Å². The summed E-state index contributed by atoms with van der Waals surface area (Å²) >= 11 is 7.44. The zero-order chi connectivity index (χ0) is 18.8. The maximum Gasteiger partial charge on any atom is 0.264 e. The van der Waals surface area contributed by atoms with E-state index in [-0.39, 0.29) is 5.91 Å². The zero-order valence-corrected chi connectivity index (χ0v) is 16.0. The van der Waals surface area contributed by atoms with Gasteiger partial charge in [-0.25, -0.2) is 4.99 Å². The Morgan fingerprint density at radius 2 is 1.78 bits per heavy atom. The van der Waals surface area contributed by atoms with Gasteiger partial charge in [0, 0.05) is 5.39 Å². The van der Waals surface area contributed by atoms with Gasteiger partial charge in [0.05, 0.1) is 22.7 Å². The van der Waals surface area contributed by atoms with Crippen LogP contribution in [0.15, 0.2) is 70.6 Å². The summed E-state index contributed by atoms with van der Waals surface area (Å²) in [5, 5.41) is 5.87. The molecule has 1 fully saturated rings. The number of amides is 1. The quantitative estimate of drug-likeness (QED) is 0.605. The van der Waals surface area contributed by atoms with Crippen LogP contribution in [0.5, 0.6) is 5.75 Å². The normalized spacial score (nSPS) is 16.9. The van der Waals surface area contributed by atoms with Crippen molar-refractivity contribution in [1.82, 2.24) is 5.32 Å². The van der Waals surface area contributed by atoms with Crippen LogP contribution in [0.1, 0.15) is 5.56 Å². The average Bonchev–Trinajstić information content (AvgIpc) is 3.03. The van der Waals surface area contributed by atoms with Crippen molar-refractivity contribution >= 4 is 57.0 Å². The lowest BCUT2D eigenvalue weighted by molar-refractivity contribution is -0.115. The van der Waals surface area contributed by atoms with E-state index < -0.39 is 0 Å². The number of carbonyl (C=O) groups is 1. The molecule has 1 N–H and O–H groups in total. The molecular formula is C21H15ClN2O2S. The van der Waals surface area contributed by atoms with E-state index in [9.17, 15) is 4.79 Å². The van der Waals surface area contributed by atoms with Crippen LogP contribution in [-0.2, 0) is 4.79 Å². The summed E-state index contributed by atoms with van der Waals surface area (Å²) in [5.41, 5.74) is 1.57. The first-order chi connectivity index (χ1) is 13.2. The monoisotopic (exact) mass is 394 g/mol. The number of amidine groups is 1. The molecule has 0 atom stereocenters. The van der Waals surface area contributed by atoms with Crippen molar-refractivity contribution in [3.05, 3.63) is 76.2 Å². The summed E-state index contributed by atoms with van der Waals surface area (Å²) in [6.07, 6.45) is 1.87. The van der Waals surface area contributed by atoms with Gasteiger partial charge in [-0.1, -0.05) is 54.1 Å². The standard InChI is InChI=1S/C21H15ClN2O2S/c1-26-18-11-10-13(14-6-2-3-7-15(14)18)12-19-20(25)24-21(27-19)23-17-9-5-4-8-16(17)22/h2-12H,1H3,(H,23,24,25). The molecule has 1 amide bonds. The predicted molar refractivity (Wildman–Crippen MR) is 113 cm³/mol. The van der Waals surface area contributed by atoms with Gasteiger partial charge in [-0.15, -0.1) is 0 Å². The van der Waals surface area contributed by atoms with Crippen LogP contribution < -0.4 is 10.1 Å². The maximum absolute atomic E-state index is 12.4. The highest BCUT2D eigenvalue weighted by Gasteiger charge is 2.24. The van der Waals surface area contributed by atoms with Crippen molar-refractivity contribution in [3.63, 3.8) is 0 Å². The summed E-state index contributed by atoms with van der Waals surface area (Å²) in [7, 11) is 1.65. The van der Waals surface area contributed by atoms with E-state index >= 15 is 0 Å². The van der Waals surface area contributed by atoms with E-state index in [0.717, 1.165) is 22.1 Å². The van der Waals surface area contributed by atoms with E-state index in [1.54, 1.807) is 19.2 Å². The van der Waals surface area contributed by atoms with Gasteiger partial charge >= 0.3 is 0 Å². The van der Waals surface area contributed by atoms with Crippen molar-refractivity contribution in [1.29, 1.82) is 0 Å². The highest BCUT2D eigenvalue weighted by molar-refractivity contribution is 8.18. The molecule has 134 valence electrons. The Hall–Kier alpha value is -2.76. The molecule has 4 nitrogen and oxygen atoms in total. The fraction of sp³-hybridized carbons (Fsp3) is 0.0476. The predicted octanol–water partition coefficient (Wildman–Crippen LogP) is 5.39. The Balaban J connectivity index is 1.71. The van der Waals surface area contributed by atoms with Gasteiger partial charge in [0.15, 0.2) is 5.17 Å². The molecule has 0 spiro atoms. The van der Waals surface area contributed by atoms with Crippen LogP contribution in [0.2, 0.25) is 5.02 Å². The number of carbonyl (C=O) groups excluding carboxylic acids is 1. The Bertz CT molecular complexity index is 1110. The zero-order valence-electron chi connectivity index (χ0n) is 14.4. The Kier molecular flexibility index (Phi) is 4.88. The minimum absolute atomic E-state index is 0.175. The molecule has 1 aliphatic rings. The molecule has 0 bridgehead atoms. The summed E-state index contributed by atoms with van der Waals surface area (Å²) < 4.78 is 5.43. The number of ether oxygens (including phenoxy) is 1. The van der Waals surface area contributed by atoms with Crippen LogP contribution >= 0.6 is 23.4 Å². The van der Waals surface area contributed by atoms with Gasteiger partial charge < -0.3 is 10.1 Å². The molecule has 3 aromatic carbocycles. The molecule has 27 heavy (non-hydrogen) atoms. The van der Waals surface area contributed by atoms with Crippen LogP contribution in [0, 0.1) is 0 Å². The number of benzene rings is 3. The second kappa shape index (κ2) is 7.47. The van der Waals surface area contributed by atoms with E-state index in [2.05, 4.69) is 10.3 Å². The second-order valence-electron chi connectivity index (χ2n) is 5.84. The fourth-order valence-corrected chi connectivity index (χ4v) is 3.88. The third-order valence-electron chi connectivity index (χ3n) is 4.15. The first-order valence-corrected chi connectivity index (χ1v) is 9.45. The highest BCUT2D eigenvalue weighted by Crippen LogP contribution is 2.34. The maximum atomic E-state index is 12.4. The number of thioether (sulfide) groups is 1. The Morgan fingerprint density at radius 1 is 1.04 bits per heavy atom. The van der Waals surface area contributed by atoms with Gasteiger partial charge in [-0.2, -0.15) is 0 Å². The number of hydrogen-bond acceptors (Lipinski definition) is 4. The van der Waals surface area contributed by atoms with Crippen LogP contribution in [0.25, 0.3) is 16.8 Å². The largest absolute Gasteiger partial charge is 0.496 e. The van der Waals surface area contributed by atoms with E-state index in [1.807, 2.05) is 54.6 Å². The molecule has 1 saturated heterocycles. The fourth-order valence-electron chi connectivity index (χ4n) is 2.87. The van der Waals surface area contributed by atoms with Crippen molar-refractivity contribution in [3.8, 4) is 5.75 Å². The number of methoxy groups -OCH3 is 1. The number of nitrogens with zero attached hydrogens (tertiary/aromatic N) is 1. The number of rotatable bonds is 3. The lowest BCUT2D eigenvalue weighted by Gasteiger charge is -2.08. The molecule has 0 radical (unpaired) electrons. The van der Waals surface area contributed by atoms with Crippen molar-refractivity contribution < 1.29 is 9.53 Å². The first kappa shape index (κ1) is 17.6. The van der Waals surface area contributed by atoms with Crippen molar-refractivity contribution in [2.45, 2.75) is 0 Å². The molecule has 0 aliphatic carbocycles. The number of halogens is 1. The van der Waals surface area contributed by atoms with E-state index in [1.165, 1.54) is 11.8 Å². The van der Waals surface area contributed by atoms with Gasteiger partial charge in [0.2, 0.25) is 0 Å². The lowest BCUT2D eigenvalue weighted by Crippen LogP contribution is -2.19. The summed E-state index contributed by atoms with van der Waals surface area (Å²) in [4.78, 5) is 17.4. The average molecular weight is 395 g/mol. The molecule has 6 heteroatoms. The van der Waals surface area contributed by atoms with Gasteiger partial charge in [0.1, 0.15) is 5.75 Å². The minimum Gasteiger partial charge on any atom is -0.496 e. The van der Waals surface area contributed by atoms with Crippen LogP contribution in [0.3, 0.4) is 0 Å². The highest BCUT2D eigenvalue weighted by atomic mass is 35.5. The molecule has 0 aromatic heterocycles. The van der Waals surface area contributed by atoms with Crippen LogP contribution in [-0.4, -0.2) is 18.2 Å². The molecule has 0 unspecified atom stereocenters. The molecule has 4 rings (SSSR count). The van der Waals surface area contributed by atoms with Gasteiger partial charge in [-0.05, 0) is 47.0 Å². The lowest BCUT2D eigenvalue weighted by atomic mass is 10.0. The SMILES string of the molecule is COc1ccc(C=C2SC(=Nc3ccccc3Cl)NC2=O)c2ccccc12.